The topological polar surface area (TPSA) is 52.9 Å². The quantitative estimate of drug-likeness (QED) is 0.422. The molecular formula is C6H8N2O. The van der Waals surface area contributed by atoms with Gasteiger partial charge in [0.2, 0.25) is 5.91 Å². The zero-order valence-corrected chi connectivity index (χ0v) is 5.27. The van der Waals surface area contributed by atoms with E-state index in [9.17, 15) is 4.79 Å². The van der Waals surface area contributed by atoms with Crippen molar-refractivity contribution >= 4 is 5.91 Å². The van der Waals surface area contributed by atoms with Crippen molar-refractivity contribution in [1.82, 2.24) is 5.32 Å². The number of carbonyl (C=O) groups excluding carboxylic acids is 1. The van der Waals surface area contributed by atoms with E-state index in [0.717, 1.165) is 0 Å². The van der Waals surface area contributed by atoms with Crippen LogP contribution in [0.4, 0.5) is 0 Å². The number of hydrogen-bond donors (Lipinski definition) is 1. The highest BCUT2D eigenvalue weighted by Gasteiger charge is 1.96. The van der Waals surface area contributed by atoms with Gasteiger partial charge in [0.25, 0.3) is 0 Å². The Balaban J connectivity index is 3.55. The fraction of sp³-hybridized carbons (Fsp3) is 0.333. The highest BCUT2D eigenvalue weighted by atomic mass is 16.1. The summed E-state index contributed by atoms with van der Waals surface area (Å²) in [7, 11) is 0. The summed E-state index contributed by atoms with van der Waals surface area (Å²) < 4.78 is 0. The summed E-state index contributed by atoms with van der Waals surface area (Å²) in [6.07, 6.45) is 0. The summed E-state index contributed by atoms with van der Waals surface area (Å²) in [5, 5.41) is 10.3. The first-order valence-electron chi connectivity index (χ1n) is 2.49. The largest absolute Gasteiger partial charge is 0.339 e. The Hall–Kier alpha value is -1.30. The van der Waals surface area contributed by atoms with E-state index in [0.29, 0.717) is 5.57 Å². The number of hydrogen-bond acceptors (Lipinski definition) is 2. The van der Waals surface area contributed by atoms with Crippen molar-refractivity contribution in [3.63, 3.8) is 0 Å². The van der Waals surface area contributed by atoms with E-state index in [1.807, 2.05) is 0 Å². The Bertz CT molecular complexity index is 166. The molecule has 0 heterocycles. The molecule has 0 aliphatic carbocycles. The van der Waals surface area contributed by atoms with Crippen LogP contribution in [-0.4, -0.2) is 12.5 Å². The van der Waals surface area contributed by atoms with E-state index in [4.69, 9.17) is 5.26 Å². The molecule has 0 aromatic heterocycles. The van der Waals surface area contributed by atoms with Crippen molar-refractivity contribution in [3.05, 3.63) is 12.2 Å². The van der Waals surface area contributed by atoms with E-state index in [-0.39, 0.29) is 12.5 Å². The molecule has 0 spiro atoms. The lowest BCUT2D eigenvalue weighted by Crippen LogP contribution is -2.23. The first-order valence-corrected chi connectivity index (χ1v) is 2.49. The van der Waals surface area contributed by atoms with E-state index in [1.165, 1.54) is 0 Å². The number of amides is 1. The minimum Gasteiger partial charge on any atom is -0.339 e. The molecule has 1 N–H and O–H groups in total. The zero-order chi connectivity index (χ0) is 7.28. The van der Waals surface area contributed by atoms with Crippen LogP contribution in [0.2, 0.25) is 0 Å². The van der Waals surface area contributed by atoms with Gasteiger partial charge < -0.3 is 5.32 Å². The zero-order valence-electron chi connectivity index (χ0n) is 5.27. The molecule has 1 amide bonds. The molecule has 0 fully saturated rings. The van der Waals surface area contributed by atoms with Crippen LogP contribution in [0.3, 0.4) is 0 Å². The maximum absolute atomic E-state index is 10.5. The van der Waals surface area contributed by atoms with Crippen molar-refractivity contribution in [2.45, 2.75) is 6.92 Å². The number of nitriles is 1. The van der Waals surface area contributed by atoms with Crippen LogP contribution >= 0.6 is 0 Å². The van der Waals surface area contributed by atoms with Crippen LogP contribution in [-0.2, 0) is 4.79 Å². The van der Waals surface area contributed by atoms with Crippen molar-refractivity contribution in [2.75, 3.05) is 6.54 Å². The standard InChI is InChI=1S/C6H8N2O/c1-5(2)6(9)8-4-3-7/h1,4H2,2H3,(H,8,9). The Morgan fingerprint density at radius 3 is 2.78 bits per heavy atom. The minimum absolute atomic E-state index is 0.0473. The summed E-state index contributed by atoms with van der Waals surface area (Å²) in [5.74, 6) is -0.267. The summed E-state index contributed by atoms with van der Waals surface area (Å²) in [6.45, 7) is 5.02. The first-order chi connectivity index (χ1) is 4.18. The highest BCUT2D eigenvalue weighted by Crippen LogP contribution is 1.83. The van der Waals surface area contributed by atoms with Gasteiger partial charge in [-0.25, -0.2) is 0 Å². The van der Waals surface area contributed by atoms with Gasteiger partial charge in [-0.05, 0) is 6.92 Å². The molecule has 0 aromatic carbocycles. The van der Waals surface area contributed by atoms with Gasteiger partial charge in [-0.3, -0.25) is 4.79 Å². The molecule has 0 aliphatic heterocycles. The van der Waals surface area contributed by atoms with Crippen molar-refractivity contribution < 1.29 is 4.79 Å². The summed E-state index contributed by atoms with van der Waals surface area (Å²) in [4.78, 5) is 10.5. The Morgan fingerprint density at radius 2 is 2.44 bits per heavy atom. The fourth-order valence-electron chi connectivity index (χ4n) is 0.271. The third-order valence-electron chi connectivity index (χ3n) is 0.716. The Labute approximate surface area is 54.0 Å². The van der Waals surface area contributed by atoms with Crippen LogP contribution < -0.4 is 5.32 Å². The van der Waals surface area contributed by atoms with Crippen LogP contribution in [0.15, 0.2) is 12.2 Å². The number of nitrogens with one attached hydrogen (secondary N) is 1. The van der Waals surface area contributed by atoms with Crippen molar-refractivity contribution in [1.29, 1.82) is 5.26 Å². The predicted molar refractivity (Wildman–Crippen MR) is 33.4 cm³/mol. The van der Waals surface area contributed by atoms with E-state index in [1.54, 1.807) is 13.0 Å². The lowest BCUT2D eigenvalue weighted by atomic mass is 10.3. The summed E-state index contributed by atoms with van der Waals surface area (Å²) in [5.41, 5.74) is 0.422. The molecule has 3 nitrogen and oxygen atoms in total. The maximum Gasteiger partial charge on any atom is 0.247 e. The number of carbonyl (C=O) groups is 1. The second kappa shape index (κ2) is 3.67. The normalized spacial score (nSPS) is 7.56. The van der Waals surface area contributed by atoms with Gasteiger partial charge in [-0.2, -0.15) is 5.26 Å². The third-order valence-corrected chi connectivity index (χ3v) is 0.716. The van der Waals surface area contributed by atoms with Gasteiger partial charge in [0.1, 0.15) is 6.54 Å². The number of rotatable bonds is 2. The SMILES string of the molecule is C=C(C)C(=O)NCC#N. The van der Waals surface area contributed by atoms with Gasteiger partial charge >= 0.3 is 0 Å². The average Bonchev–Trinajstić information content (AvgIpc) is 1.82. The van der Waals surface area contributed by atoms with Gasteiger partial charge in [0, 0.05) is 5.57 Å². The molecule has 0 rings (SSSR count). The van der Waals surface area contributed by atoms with E-state index < -0.39 is 0 Å². The van der Waals surface area contributed by atoms with Crippen LogP contribution in [0.1, 0.15) is 6.92 Å². The molecule has 0 saturated carbocycles. The average molecular weight is 124 g/mol. The molecule has 0 aromatic rings. The van der Waals surface area contributed by atoms with E-state index in [2.05, 4.69) is 11.9 Å². The second-order valence-electron chi connectivity index (χ2n) is 1.62. The molecule has 48 valence electrons. The monoisotopic (exact) mass is 124 g/mol. The van der Waals surface area contributed by atoms with Crippen LogP contribution in [0, 0.1) is 11.3 Å². The molecule has 0 bridgehead atoms. The molecule has 0 unspecified atom stereocenters. The molecule has 0 saturated heterocycles. The van der Waals surface area contributed by atoms with Crippen LogP contribution in [0.25, 0.3) is 0 Å². The van der Waals surface area contributed by atoms with Gasteiger partial charge in [-0.15, -0.1) is 0 Å². The smallest absolute Gasteiger partial charge is 0.247 e. The fourth-order valence-corrected chi connectivity index (χ4v) is 0.271. The van der Waals surface area contributed by atoms with Gasteiger partial charge in [0.15, 0.2) is 0 Å². The molecular weight excluding hydrogens is 116 g/mol. The van der Waals surface area contributed by atoms with Crippen LogP contribution in [0.5, 0.6) is 0 Å². The van der Waals surface area contributed by atoms with E-state index >= 15 is 0 Å². The van der Waals surface area contributed by atoms with Gasteiger partial charge in [-0.1, -0.05) is 6.58 Å². The highest BCUT2D eigenvalue weighted by molar-refractivity contribution is 5.92. The molecule has 0 atom stereocenters. The first kappa shape index (κ1) is 7.70. The Kier molecular flexibility index (Phi) is 3.14. The maximum atomic E-state index is 10.5. The van der Waals surface area contributed by atoms with Gasteiger partial charge in [0.05, 0.1) is 6.07 Å². The predicted octanol–water partition coefficient (Wildman–Crippen LogP) is 0.202. The summed E-state index contributed by atoms with van der Waals surface area (Å²) in [6, 6.07) is 1.78. The van der Waals surface area contributed by atoms with Crippen molar-refractivity contribution in [2.24, 2.45) is 0 Å². The lowest BCUT2D eigenvalue weighted by Gasteiger charge is -1.95. The molecule has 3 heteroatoms. The van der Waals surface area contributed by atoms with Crippen molar-refractivity contribution in [3.8, 4) is 6.07 Å². The second-order valence-corrected chi connectivity index (χ2v) is 1.62. The minimum atomic E-state index is -0.267. The molecule has 0 aliphatic rings. The molecule has 9 heavy (non-hydrogen) atoms. The Morgan fingerprint density at radius 1 is 1.89 bits per heavy atom. The molecule has 0 radical (unpaired) electrons. The third kappa shape index (κ3) is 3.30. The lowest BCUT2D eigenvalue weighted by molar-refractivity contribution is -0.117. The summed E-state index contributed by atoms with van der Waals surface area (Å²) >= 11 is 0. The number of nitrogens with zero attached hydrogens (tertiary/aromatic N) is 1.